The van der Waals surface area contributed by atoms with E-state index in [0.717, 1.165) is 22.1 Å². The van der Waals surface area contributed by atoms with Gasteiger partial charge in [0.05, 0.1) is 11.9 Å². The molecule has 0 spiro atoms. The average molecular weight is 422 g/mol. The van der Waals surface area contributed by atoms with E-state index in [4.69, 9.17) is 0 Å². The Kier molecular flexibility index (Phi) is 3.82. The first-order valence-corrected chi connectivity index (χ1v) is 9.54. The Morgan fingerprint density at radius 2 is 2.04 bits per heavy atom. The van der Waals surface area contributed by atoms with Gasteiger partial charge in [-0.2, -0.15) is 0 Å². The fourth-order valence-corrected chi connectivity index (χ4v) is 4.00. The second-order valence-electron chi connectivity index (χ2n) is 6.63. The average Bonchev–Trinajstić information content (AvgIpc) is 3.32. The molecule has 0 aliphatic carbocycles. The van der Waals surface area contributed by atoms with Crippen LogP contribution in [0.15, 0.2) is 59.2 Å². The molecular weight excluding hydrogens is 406 g/mol. The van der Waals surface area contributed by atoms with E-state index in [0.29, 0.717) is 18.8 Å². The molecule has 1 N–H and O–H groups in total. The summed E-state index contributed by atoms with van der Waals surface area (Å²) in [4.78, 5) is 18.3. The summed E-state index contributed by atoms with van der Waals surface area (Å²) in [6.07, 6.45) is 2.50. The van der Waals surface area contributed by atoms with Crippen molar-refractivity contribution >= 4 is 32.7 Å². The van der Waals surface area contributed by atoms with Crippen molar-refractivity contribution in [3.8, 4) is 5.69 Å². The van der Waals surface area contributed by atoms with Crippen LogP contribution in [0.1, 0.15) is 21.7 Å². The first-order chi connectivity index (χ1) is 13.2. The maximum absolute atomic E-state index is 13.0. The number of nitrogens with zero attached hydrogens (tertiary/aromatic N) is 4. The topological polar surface area (TPSA) is 66.8 Å². The van der Waals surface area contributed by atoms with Crippen LogP contribution in [0.5, 0.6) is 0 Å². The second kappa shape index (κ2) is 6.35. The van der Waals surface area contributed by atoms with E-state index < -0.39 is 0 Å². The third-order valence-electron chi connectivity index (χ3n) is 4.96. The SMILES string of the molecule is O=C(c1cn(-c2cccc(Br)c2)nn1)N1CCc2[nH]c3ccccc3c2C1. The van der Waals surface area contributed by atoms with Crippen LogP contribution in [-0.2, 0) is 13.0 Å². The summed E-state index contributed by atoms with van der Waals surface area (Å²) in [5.41, 5.74) is 4.76. The number of nitrogens with one attached hydrogen (secondary N) is 1. The van der Waals surface area contributed by atoms with Gasteiger partial charge in [-0.3, -0.25) is 4.79 Å². The van der Waals surface area contributed by atoms with Gasteiger partial charge in [0.2, 0.25) is 0 Å². The van der Waals surface area contributed by atoms with Crippen LogP contribution < -0.4 is 0 Å². The smallest absolute Gasteiger partial charge is 0.276 e. The zero-order chi connectivity index (χ0) is 18.4. The first kappa shape index (κ1) is 16.3. The first-order valence-electron chi connectivity index (χ1n) is 8.75. The van der Waals surface area contributed by atoms with Gasteiger partial charge in [0.1, 0.15) is 0 Å². The quantitative estimate of drug-likeness (QED) is 0.536. The van der Waals surface area contributed by atoms with Gasteiger partial charge in [-0.25, -0.2) is 4.68 Å². The van der Waals surface area contributed by atoms with Gasteiger partial charge in [-0.15, -0.1) is 5.10 Å². The Morgan fingerprint density at radius 1 is 1.15 bits per heavy atom. The number of rotatable bonds is 2. The van der Waals surface area contributed by atoms with E-state index in [-0.39, 0.29) is 5.91 Å². The predicted molar refractivity (Wildman–Crippen MR) is 106 cm³/mol. The largest absolute Gasteiger partial charge is 0.358 e. The van der Waals surface area contributed by atoms with Crippen LogP contribution in [0.25, 0.3) is 16.6 Å². The third kappa shape index (κ3) is 2.84. The summed E-state index contributed by atoms with van der Waals surface area (Å²) in [7, 11) is 0. The highest BCUT2D eigenvalue weighted by Crippen LogP contribution is 2.28. The molecule has 0 saturated carbocycles. The lowest BCUT2D eigenvalue weighted by Gasteiger charge is -2.26. The van der Waals surface area contributed by atoms with Crippen molar-refractivity contribution < 1.29 is 4.79 Å². The summed E-state index contributed by atoms with van der Waals surface area (Å²) in [6.45, 7) is 1.25. The molecule has 0 radical (unpaired) electrons. The molecule has 0 bridgehead atoms. The van der Waals surface area contributed by atoms with Crippen LogP contribution in [0.4, 0.5) is 0 Å². The van der Waals surface area contributed by atoms with E-state index in [1.165, 1.54) is 16.6 Å². The number of fused-ring (bicyclic) bond motifs is 3. The van der Waals surface area contributed by atoms with Gasteiger partial charge >= 0.3 is 0 Å². The molecule has 27 heavy (non-hydrogen) atoms. The number of hydrogen-bond acceptors (Lipinski definition) is 3. The fraction of sp³-hybridized carbons (Fsp3) is 0.150. The molecule has 4 aromatic rings. The number of halogens is 1. The molecule has 2 aromatic heterocycles. The molecule has 6 nitrogen and oxygen atoms in total. The number of amides is 1. The van der Waals surface area contributed by atoms with Crippen LogP contribution in [-0.4, -0.2) is 37.3 Å². The predicted octanol–water partition coefficient (Wildman–Crippen LogP) is 3.71. The molecule has 1 aliphatic heterocycles. The number of carbonyl (C=O) groups excluding carboxylic acids is 1. The number of aromatic amines is 1. The highest BCUT2D eigenvalue weighted by Gasteiger charge is 2.26. The van der Waals surface area contributed by atoms with Crippen molar-refractivity contribution in [3.05, 3.63) is 76.2 Å². The number of carbonyl (C=O) groups is 1. The number of para-hydroxylation sites is 1. The van der Waals surface area contributed by atoms with E-state index in [9.17, 15) is 4.79 Å². The Labute approximate surface area is 163 Å². The van der Waals surface area contributed by atoms with Gasteiger partial charge < -0.3 is 9.88 Å². The lowest BCUT2D eigenvalue weighted by atomic mass is 10.0. The molecule has 0 saturated heterocycles. The molecule has 3 heterocycles. The van der Waals surface area contributed by atoms with Gasteiger partial charge in [0.15, 0.2) is 5.69 Å². The molecular formula is C20H16BrN5O. The van der Waals surface area contributed by atoms with E-state index in [1.807, 2.05) is 41.3 Å². The summed E-state index contributed by atoms with van der Waals surface area (Å²) < 4.78 is 2.57. The maximum atomic E-state index is 13.0. The minimum absolute atomic E-state index is 0.0906. The number of benzene rings is 2. The van der Waals surface area contributed by atoms with Crippen LogP contribution in [0.2, 0.25) is 0 Å². The molecule has 1 amide bonds. The van der Waals surface area contributed by atoms with Crippen LogP contribution >= 0.6 is 15.9 Å². The minimum atomic E-state index is -0.0906. The Morgan fingerprint density at radius 3 is 2.93 bits per heavy atom. The Hall–Kier alpha value is -2.93. The Bertz CT molecular complexity index is 1160. The zero-order valence-electron chi connectivity index (χ0n) is 14.4. The van der Waals surface area contributed by atoms with Gasteiger partial charge in [-0.05, 0) is 24.3 Å². The van der Waals surface area contributed by atoms with E-state index >= 15 is 0 Å². The monoisotopic (exact) mass is 421 g/mol. The molecule has 0 unspecified atom stereocenters. The number of H-pyrrole nitrogens is 1. The fourth-order valence-electron chi connectivity index (χ4n) is 3.61. The summed E-state index contributed by atoms with van der Waals surface area (Å²) in [5, 5.41) is 9.40. The molecule has 1 aliphatic rings. The zero-order valence-corrected chi connectivity index (χ0v) is 16.0. The Balaban J connectivity index is 1.42. The van der Waals surface area contributed by atoms with Crippen LogP contribution in [0, 0.1) is 0 Å². The molecule has 7 heteroatoms. The molecule has 0 fully saturated rings. The van der Waals surface area contributed by atoms with Gasteiger partial charge in [0, 0.05) is 46.1 Å². The van der Waals surface area contributed by atoms with E-state index in [1.54, 1.807) is 10.9 Å². The second-order valence-corrected chi connectivity index (χ2v) is 7.55. The number of hydrogen-bond donors (Lipinski definition) is 1. The molecule has 2 aromatic carbocycles. The van der Waals surface area contributed by atoms with E-state index in [2.05, 4.69) is 43.4 Å². The molecule has 0 atom stereocenters. The van der Waals surface area contributed by atoms with Crippen molar-refractivity contribution in [2.24, 2.45) is 0 Å². The summed E-state index contributed by atoms with van der Waals surface area (Å²) in [5.74, 6) is -0.0906. The summed E-state index contributed by atoms with van der Waals surface area (Å²) in [6, 6.07) is 15.9. The molecule has 134 valence electrons. The standard InChI is InChI=1S/C20H16BrN5O/c21-13-4-3-5-14(10-13)26-12-19(23-24-26)20(27)25-9-8-18-16(11-25)15-6-1-2-7-17(15)22-18/h1-7,10,12,22H,8-9,11H2. The van der Waals surface area contributed by atoms with Crippen molar-refractivity contribution in [3.63, 3.8) is 0 Å². The van der Waals surface area contributed by atoms with Gasteiger partial charge in [0.25, 0.3) is 5.91 Å². The number of aromatic nitrogens is 4. The summed E-state index contributed by atoms with van der Waals surface area (Å²) >= 11 is 3.45. The minimum Gasteiger partial charge on any atom is -0.358 e. The van der Waals surface area contributed by atoms with Crippen LogP contribution in [0.3, 0.4) is 0 Å². The van der Waals surface area contributed by atoms with Crippen molar-refractivity contribution in [2.45, 2.75) is 13.0 Å². The third-order valence-corrected chi connectivity index (χ3v) is 5.45. The highest BCUT2D eigenvalue weighted by atomic mass is 79.9. The lowest BCUT2D eigenvalue weighted by Crippen LogP contribution is -2.36. The normalized spacial score (nSPS) is 13.7. The van der Waals surface area contributed by atoms with Crippen molar-refractivity contribution in [1.29, 1.82) is 0 Å². The van der Waals surface area contributed by atoms with Crippen molar-refractivity contribution in [2.75, 3.05) is 6.54 Å². The maximum Gasteiger partial charge on any atom is 0.276 e. The van der Waals surface area contributed by atoms with Gasteiger partial charge in [-0.1, -0.05) is 45.4 Å². The molecule has 5 rings (SSSR count). The highest BCUT2D eigenvalue weighted by molar-refractivity contribution is 9.10. The lowest BCUT2D eigenvalue weighted by molar-refractivity contribution is 0.0729. The van der Waals surface area contributed by atoms with Crippen molar-refractivity contribution in [1.82, 2.24) is 24.9 Å².